The zero-order chi connectivity index (χ0) is 21.0. The Morgan fingerprint density at radius 3 is 2.83 bits per heavy atom. The number of hydrogen-bond donors (Lipinski definition) is 0. The van der Waals surface area contributed by atoms with E-state index in [-0.39, 0.29) is 24.2 Å². The van der Waals surface area contributed by atoms with E-state index in [1.807, 2.05) is 19.1 Å². The largest absolute Gasteiger partial charge is 0.360 e. The highest BCUT2D eigenvalue weighted by Crippen LogP contribution is 2.53. The van der Waals surface area contributed by atoms with Gasteiger partial charge >= 0.3 is 0 Å². The topological polar surface area (TPSA) is 88.8 Å². The van der Waals surface area contributed by atoms with Crippen LogP contribution in [0.2, 0.25) is 0 Å². The maximum atomic E-state index is 13.3. The summed E-state index contributed by atoms with van der Waals surface area (Å²) in [4.78, 5) is 33.9. The molecule has 0 N–H and O–H groups in total. The summed E-state index contributed by atoms with van der Waals surface area (Å²) in [5.41, 5.74) is -0.247. The Balaban J connectivity index is 1.39. The number of rotatable bonds is 5. The van der Waals surface area contributed by atoms with Crippen LogP contribution in [0.25, 0.3) is 0 Å². The molecule has 0 aliphatic carbocycles. The number of carbonyl (C=O) groups excluding carboxylic acids is 2. The van der Waals surface area contributed by atoms with E-state index in [1.165, 1.54) is 17.0 Å². The summed E-state index contributed by atoms with van der Waals surface area (Å²) in [6, 6.07) is 5.75. The third kappa shape index (κ3) is 2.76. The first-order valence-corrected chi connectivity index (χ1v) is 9.92. The van der Waals surface area contributed by atoms with E-state index in [0.717, 1.165) is 0 Å². The van der Waals surface area contributed by atoms with Crippen molar-refractivity contribution in [1.82, 2.24) is 15.0 Å². The molecule has 156 valence electrons. The Kier molecular flexibility index (Phi) is 4.25. The van der Waals surface area contributed by atoms with Crippen molar-refractivity contribution in [2.45, 2.75) is 31.6 Å². The van der Waals surface area contributed by atoms with Gasteiger partial charge in [-0.1, -0.05) is 24.2 Å². The third-order valence-corrected chi connectivity index (χ3v) is 6.09. The fourth-order valence-corrected chi connectivity index (χ4v) is 4.66. The molecule has 2 saturated heterocycles. The Hall–Kier alpha value is -3.07. The molecule has 4 atom stereocenters. The molecular formula is C21H21FN4O4. The molecule has 2 aromatic rings. The Morgan fingerprint density at radius 1 is 1.37 bits per heavy atom. The zero-order valence-electron chi connectivity index (χ0n) is 16.6. The maximum Gasteiger partial charge on any atom is 0.234 e. The smallest absolute Gasteiger partial charge is 0.234 e. The van der Waals surface area contributed by atoms with Crippen molar-refractivity contribution in [2.24, 2.45) is 11.8 Å². The summed E-state index contributed by atoms with van der Waals surface area (Å²) in [5, 5.41) is 3.89. The summed E-state index contributed by atoms with van der Waals surface area (Å²) in [6.07, 6.45) is 3.92. The number of ether oxygens (including phenoxy) is 1. The first kappa shape index (κ1) is 18.9. The predicted molar refractivity (Wildman–Crippen MR) is 103 cm³/mol. The van der Waals surface area contributed by atoms with Crippen molar-refractivity contribution in [3.63, 3.8) is 0 Å². The van der Waals surface area contributed by atoms with E-state index < -0.39 is 23.5 Å². The van der Waals surface area contributed by atoms with Gasteiger partial charge in [0.05, 0.1) is 31.0 Å². The lowest BCUT2D eigenvalue weighted by molar-refractivity contribution is -0.139. The van der Waals surface area contributed by atoms with E-state index in [4.69, 9.17) is 9.26 Å². The van der Waals surface area contributed by atoms with Gasteiger partial charge in [0.2, 0.25) is 17.7 Å². The number of halogens is 1. The number of aromatic nitrogens is 2. The highest BCUT2D eigenvalue weighted by molar-refractivity contribution is 6.03. The number of amides is 2. The van der Waals surface area contributed by atoms with Crippen molar-refractivity contribution in [3.05, 3.63) is 53.9 Å². The second-order valence-electron chi connectivity index (χ2n) is 7.95. The third-order valence-electron chi connectivity index (χ3n) is 6.09. The van der Waals surface area contributed by atoms with Crippen molar-refractivity contribution in [2.75, 3.05) is 18.5 Å². The molecule has 2 amide bonds. The van der Waals surface area contributed by atoms with Crippen LogP contribution in [0.1, 0.15) is 18.6 Å². The summed E-state index contributed by atoms with van der Waals surface area (Å²) >= 11 is 0. The molecule has 8 nitrogen and oxygen atoms in total. The fourth-order valence-electron chi connectivity index (χ4n) is 4.66. The van der Waals surface area contributed by atoms with E-state index in [1.54, 1.807) is 24.1 Å². The van der Waals surface area contributed by atoms with Gasteiger partial charge in [-0.05, 0) is 24.3 Å². The predicted octanol–water partition coefficient (Wildman–Crippen LogP) is 1.72. The lowest BCUT2D eigenvalue weighted by atomic mass is 9.76. The molecule has 0 unspecified atom stereocenters. The van der Waals surface area contributed by atoms with Gasteiger partial charge in [-0.25, -0.2) is 4.39 Å². The minimum Gasteiger partial charge on any atom is -0.360 e. The summed E-state index contributed by atoms with van der Waals surface area (Å²) in [7, 11) is 1.66. The lowest BCUT2D eigenvalue weighted by Gasteiger charge is -2.27. The molecule has 3 aliphatic rings. The quantitative estimate of drug-likeness (QED) is 0.695. The summed E-state index contributed by atoms with van der Waals surface area (Å²) < 4.78 is 24.5. The van der Waals surface area contributed by atoms with E-state index in [0.29, 0.717) is 30.4 Å². The maximum absolute atomic E-state index is 13.3. The molecule has 3 aliphatic heterocycles. The van der Waals surface area contributed by atoms with Crippen LogP contribution in [0, 0.1) is 17.7 Å². The van der Waals surface area contributed by atoms with E-state index in [9.17, 15) is 14.0 Å². The molecule has 1 aromatic carbocycles. The molecule has 2 bridgehead atoms. The van der Waals surface area contributed by atoms with Crippen LogP contribution >= 0.6 is 0 Å². The molecule has 4 heterocycles. The number of nitrogens with zero attached hydrogens (tertiary/aromatic N) is 4. The van der Waals surface area contributed by atoms with Crippen LogP contribution in [0.3, 0.4) is 0 Å². The molecule has 0 saturated carbocycles. The number of aryl methyl sites for hydroxylation is 1. The van der Waals surface area contributed by atoms with E-state index >= 15 is 0 Å². The summed E-state index contributed by atoms with van der Waals surface area (Å²) in [6.45, 7) is 2.39. The second-order valence-corrected chi connectivity index (χ2v) is 7.95. The molecular weight excluding hydrogens is 391 g/mol. The standard InChI is InChI=1S/C21H21FN4O4/c1-3-16-23-15(24-30-16)10-25(2)19(27)17-14-8-9-21(29-14)11-26(20(28)18(17)21)13-6-4-12(22)5-7-13/h4-9,14,17-18H,3,10-11H2,1-2H3/t14-,17+,18+,21-/m0/s1. The van der Waals surface area contributed by atoms with Gasteiger partial charge < -0.3 is 19.1 Å². The molecule has 0 radical (unpaired) electrons. The number of carbonyl (C=O) groups is 2. The number of fused-ring (bicyclic) bond motifs is 1. The molecule has 2 fully saturated rings. The van der Waals surface area contributed by atoms with Crippen LogP contribution < -0.4 is 4.90 Å². The molecule has 5 rings (SSSR count). The highest BCUT2D eigenvalue weighted by atomic mass is 19.1. The monoisotopic (exact) mass is 412 g/mol. The number of anilines is 1. The SMILES string of the molecule is CCc1nc(CN(C)C(=O)[C@@H]2[C@@H]3C=C[C@@]4(CN(c5ccc(F)cc5)C(=O)[C@@H]24)O3)no1. The van der Waals surface area contributed by atoms with Crippen molar-refractivity contribution in [3.8, 4) is 0 Å². The van der Waals surface area contributed by atoms with Crippen molar-refractivity contribution >= 4 is 17.5 Å². The van der Waals surface area contributed by atoms with Crippen LogP contribution in [-0.4, -0.2) is 52.2 Å². The van der Waals surface area contributed by atoms with Gasteiger partial charge in [-0.3, -0.25) is 9.59 Å². The van der Waals surface area contributed by atoms with Crippen LogP contribution in [0.4, 0.5) is 10.1 Å². The Morgan fingerprint density at radius 2 is 2.13 bits per heavy atom. The lowest BCUT2D eigenvalue weighted by Crippen LogP contribution is -2.44. The molecule has 30 heavy (non-hydrogen) atoms. The molecule has 9 heteroatoms. The molecule has 1 aromatic heterocycles. The number of hydrogen-bond acceptors (Lipinski definition) is 6. The average molecular weight is 412 g/mol. The first-order valence-electron chi connectivity index (χ1n) is 9.92. The normalized spacial score (nSPS) is 29.0. The molecule has 1 spiro atoms. The minimum absolute atomic E-state index is 0.185. The Labute approximate surface area is 172 Å². The van der Waals surface area contributed by atoms with Crippen LogP contribution in [0.5, 0.6) is 0 Å². The van der Waals surface area contributed by atoms with Gasteiger partial charge in [-0.15, -0.1) is 0 Å². The fraction of sp³-hybridized carbons (Fsp3) is 0.429. The van der Waals surface area contributed by atoms with Gasteiger partial charge in [-0.2, -0.15) is 4.98 Å². The van der Waals surface area contributed by atoms with Gasteiger partial charge in [0.25, 0.3) is 0 Å². The first-order chi connectivity index (χ1) is 14.4. The van der Waals surface area contributed by atoms with Crippen LogP contribution in [-0.2, 0) is 27.3 Å². The minimum atomic E-state index is -0.835. The Bertz CT molecular complexity index is 1040. The van der Waals surface area contributed by atoms with Crippen LogP contribution in [0.15, 0.2) is 40.9 Å². The number of benzene rings is 1. The average Bonchev–Trinajstić information content (AvgIpc) is 3.49. The van der Waals surface area contributed by atoms with Gasteiger partial charge in [0.1, 0.15) is 11.4 Å². The van der Waals surface area contributed by atoms with E-state index in [2.05, 4.69) is 10.1 Å². The van der Waals surface area contributed by atoms with Crippen molar-refractivity contribution < 1.29 is 23.2 Å². The highest BCUT2D eigenvalue weighted by Gasteiger charge is 2.67. The summed E-state index contributed by atoms with van der Waals surface area (Å²) in [5.74, 6) is -1.08. The van der Waals surface area contributed by atoms with Crippen molar-refractivity contribution in [1.29, 1.82) is 0 Å². The second kappa shape index (κ2) is 6.73. The zero-order valence-corrected chi connectivity index (χ0v) is 16.6. The van der Waals surface area contributed by atoms with Gasteiger partial charge in [0, 0.05) is 19.2 Å². The van der Waals surface area contributed by atoms with Gasteiger partial charge in [0.15, 0.2) is 5.82 Å².